The van der Waals surface area contributed by atoms with Gasteiger partial charge in [0, 0.05) is 19.4 Å². The zero-order chi connectivity index (χ0) is 59.7. The van der Waals surface area contributed by atoms with Gasteiger partial charge in [-0.05, 0) is 80.4 Å². The third kappa shape index (κ3) is 25.5. The summed E-state index contributed by atoms with van der Waals surface area (Å²) in [7, 11) is 0. The fraction of sp³-hybridized carbons (Fsp3) is 0.640. The fourth-order valence-corrected chi connectivity index (χ4v) is 7.66. The van der Waals surface area contributed by atoms with Crippen molar-refractivity contribution in [3.05, 3.63) is 29.8 Å². The Morgan fingerprint density at radius 1 is 0.526 bits per heavy atom. The molecule has 0 unspecified atom stereocenters. The predicted octanol–water partition coefficient (Wildman–Crippen LogP) is -3.20. The number of benzene rings is 1. The van der Waals surface area contributed by atoms with Crippen LogP contribution in [0.4, 0.5) is 0 Å². The van der Waals surface area contributed by atoms with Gasteiger partial charge in [0.05, 0.1) is 18.6 Å². The topological polar surface area (TPSA) is 481 Å². The van der Waals surface area contributed by atoms with E-state index in [4.69, 9.17) is 22.9 Å². The third-order valence-corrected chi connectivity index (χ3v) is 11.8. The minimum absolute atomic E-state index is 0.0273. The summed E-state index contributed by atoms with van der Waals surface area (Å²) in [5.74, 6) is -13.2. The van der Waals surface area contributed by atoms with Gasteiger partial charge in [-0.1, -0.05) is 67.5 Å². The Morgan fingerprint density at radius 3 is 1.38 bits per heavy atom. The quantitative estimate of drug-likeness (QED) is 0.0181. The van der Waals surface area contributed by atoms with Gasteiger partial charge in [0.25, 0.3) is 0 Å². The lowest BCUT2D eigenvalue weighted by atomic mass is 9.97. The number of carbonyl (C=O) groups excluding carboxylic acids is 9. The van der Waals surface area contributed by atoms with E-state index in [1.165, 1.54) is 31.2 Å². The normalized spacial score (nSPS) is 15.1. The van der Waals surface area contributed by atoms with Gasteiger partial charge in [0.2, 0.25) is 53.2 Å². The van der Waals surface area contributed by atoms with E-state index in [0.29, 0.717) is 5.56 Å². The van der Waals surface area contributed by atoms with Gasteiger partial charge in [-0.25, -0.2) is 4.79 Å². The van der Waals surface area contributed by atoms with E-state index in [-0.39, 0.29) is 62.2 Å². The summed E-state index contributed by atoms with van der Waals surface area (Å²) in [6.45, 7) is 14.6. The second-order valence-corrected chi connectivity index (χ2v) is 20.6. The number of nitrogens with one attached hydrogen (secondary N) is 8. The number of aliphatic hydroxyl groups excluding tert-OH is 1. The van der Waals surface area contributed by atoms with Gasteiger partial charge in [-0.15, -0.1) is 0 Å². The maximum Gasteiger partial charge on any atom is 0.326 e. The highest BCUT2D eigenvalue weighted by molar-refractivity contribution is 5.98. The summed E-state index contributed by atoms with van der Waals surface area (Å²) in [5.41, 5.74) is 22.0. The lowest BCUT2D eigenvalue weighted by Gasteiger charge is -2.30. The maximum absolute atomic E-state index is 14.3. The number of primary amides is 1. The number of amides is 9. The Bertz CT molecular complexity index is 2260. The molecule has 1 rings (SSSR count). The SMILES string of the molecule is CC(C)C[C@H](NC(=O)[C@@H](NC(=O)[C@@H](N)CC(N)=O)C(C)C)C(=O)N[C@H](C(=O)N[C@H](C(=O)N[C@@H](CC(C)C)C(=O)N[C@@H](Cc1ccc(O)cc1)C(=O)N[C@@H](CCC(=O)O)C(=O)N[C@@H](CCCN=C(N)N)C(=O)O)[C@@H](C)O)C(C)C. The molecule has 0 aliphatic rings. The van der Waals surface area contributed by atoms with E-state index in [9.17, 15) is 73.2 Å². The standard InChI is InChI=1S/C50H83N13O15/c1-23(2)19-33(43(71)58-35(21-28-12-14-29(65)15-13-28)44(72)56-31(16-17-37(67)68)42(70)57-32(49(77)78)11-10-18-55-50(53)54)60-48(76)40(27(9)64)63-47(75)39(26(7)8)62-45(73)34(20-24(3)4)59-46(74)38(25(5)6)61-41(69)30(51)22-36(52)66/h12-15,23-27,30-35,38-40,64-65H,10-11,16-22,51H2,1-9H3,(H2,52,66)(H,56,72)(H,57,70)(H,58,71)(H,59,74)(H,60,76)(H,61,69)(H,62,73)(H,63,75)(H,67,68)(H,77,78)(H4,53,54,55)/t27-,30+,31+,32+,33+,34+,35+,38+,39+,40+/m1/s1. The van der Waals surface area contributed by atoms with Gasteiger partial charge >= 0.3 is 11.9 Å². The van der Waals surface area contributed by atoms with E-state index >= 15 is 0 Å². The summed E-state index contributed by atoms with van der Waals surface area (Å²) in [4.78, 5) is 149. The number of carboxylic acids is 2. The molecule has 0 radical (unpaired) electrons. The van der Waals surface area contributed by atoms with Crippen molar-refractivity contribution < 1.29 is 73.2 Å². The van der Waals surface area contributed by atoms with E-state index < -0.39 is 157 Å². The molecule has 1 aromatic rings. The Morgan fingerprint density at radius 2 is 0.936 bits per heavy atom. The molecule has 0 aliphatic carbocycles. The smallest absolute Gasteiger partial charge is 0.326 e. The van der Waals surface area contributed by atoms with Crippen LogP contribution in [0, 0.1) is 23.7 Å². The second-order valence-electron chi connectivity index (χ2n) is 20.6. The first-order valence-electron chi connectivity index (χ1n) is 25.7. The van der Waals surface area contributed by atoms with Gasteiger partial charge in [-0.2, -0.15) is 0 Å². The molecule has 28 heteroatoms. The van der Waals surface area contributed by atoms with Crippen LogP contribution in [0.5, 0.6) is 5.75 Å². The number of nitrogens with two attached hydrogens (primary N) is 4. The van der Waals surface area contributed by atoms with Crippen molar-refractivity contribution in [2.75, 3.05) is 6.54 Å². The van der Waals surface area contributed by atoms with Gasteiger partial charge in [-0.3, -0.25) is 52.9 Å². The van der Waals surface area contributed by atoms with Crippen molar-refractivity contribution in [2.24, 2.45) is 51.6 Å². The van der Waals surface area contributed by atoms with Gasteiger partial charge in [0.15, 0.2) is 5.96 Å². The number of carboxylic acid groups (broad SMARTS) is 2. The van der Waals surface area contributed by atoms with Crippen molar-refractivity contribution >= 4 is 71.1 Å². The number of aliphatic imine (C=N–C) groups is 1. The van der Waals surface area contributed by atoms with E-state index in [0.717, 1.165) is 0 Å². The molecule has 0 saturated carbocycles. The van der Waals surface area contributed by atoms with Crippen LogP contribution < -0.4 is 65.5 Å². The molecule has 20 N–H and O–H groups in total. The van der Waals surface area contributed by atoms with Crippen LogP contribution in [-0.2, 0) is 59.2 Å². The average molecular weight is 1110 g/mol. The number of guanidine groups is 1. The molecular weight excluding hydrogens is 1020 g/mol. The molecule has 0 spiro atoms. The van der Waals surface area contributed by atoms with Crippen molar-refractivity contribution in [2.45, 2.75) is 174 Å². The first-order valence-corrected chi connectivity index (χ1v) is 25.7. The second kappa shape index (κ2) is 33.5. The Kier molecular flexibility index (Phi) is 29.4. The largest absolute Gasteiger partial charge is 0.508 e. The van der Waals surface area contributed by atoms with Crippen molar-refractivity contribution in [1.82, 2.24) is 42.5 Å². The summed E-state index contributed by atoms with van der Waals surface area (Å²) in [5, 5.41) is 60.1. The van der Waals surface area contributed by atoms with Crippen LogP contribution in [0.1, 0.15) is 113 Å². The maximum atomic E-state index is 14.3. The van der Waals surface area contributed by atoms with Gasteiger partial charge < -0.3 is 85.9 Å². The van der Waals surface area contributed by atoms with Crippen LogP contribution >= 0.6 is 0 Å². The molecular formula is C50H83N13O15. The third-order valence-electron chi connectivity index (χ3n) is 11.8. The Labute approximate surface area is 453 Å². The van der Waals surface area contributed by atoms with Crippen LogP contribution in [0.3, 0.4) is 0 Å². The minimum atomic E-state index is -1.76. The minimum Gasteiger partial charge on any atom is -0.508 e. The van der Waals surface area contributed by atoms with Crippen LogP contribution in [0.2, 0.25) is 0 Å². The lowest BCUT2D eigenvalue weighted by molar-refractivity contribution is -0.143. The lowest BCUT2D eigenvalue weighted by Crippen LogP contribution is -2.63. The number of aromatic hydroxyl groups is 1. The summed E-state index contributed by atoms with van der Waals surface area (Å²) < 4.78 is 0. The highest BCUT2D eigenvalue weighted by atomic mass is 16.4. The van der Waals surface area contributed by atoms with E-state index in [1.54, 1.807) is 55.4 Å². The average Bonchev–Trinajstić information content (AvgIpc) is 3.32. The first-order chi connectivity index (χ1) is 36.2. The molecule has 0 fully saturated rings. The van der Waals surface area contributed by atoms with E-state index in [2.05, 4.69) is 47.5 Å². The zero-order valence-corrected chi connectivity index (χ0v) is 45.8. The van der Waals surface area contributed by atoms with E-state index in [1.807, 2.05) is 0 Å². The van der Waals surface area contributed by atoms with Crippen LogP contribution in [-0.4, -0.2) is 159 Å². The monoisotopic (exact) mass is 1110 g/mol. The predicted molar refractivity (Wildman–Crippen MR) is 284 cm³/mol. The van der Waals surface area contributed by atoms with Gasteiger partial charge in [0.1, 0.15) is 54.1 Å². The molecule has 0 heterocycles. The molecule has 78 heavy (non-hydrogen) atoms. The van der Waals surface area contributed by atoms with Crippen molar-refractivity contribution in [3.8, 4) is 5.75 Å². The molecule has 0 saturated heterocycles. The number of phenolic OH excluding ortho intramolecular Hbond substituents is 1. The summed E-state index contributed by atoms with van der Waals surface area (Å²) in [6, 6.07) is -7.67. The molecule has 10 atom stereocenters. The first kappa shape index (κ1) is 68.4. The molecule has 1 aromatic carbocycles. The number of nitrogens with zero attached hydrogens (tertiary/aromatic N) is 1. The molecule has 0 aromatic heterocycles. The number of aliphatic carboxylic acids is 2. The molecule has 28 nitrogen and oxygen atoms in total. The van der Waals surface area contributed by atoms with Crippen molar-refractivity contribution in [3.63, 3.8) is 0 Å². The fourth-order valence-electron chi connectivity index (χ4n) is 7.66. The Balaban J connectivity index is 3.52. The summed E-state index contributed by atoms with van der Waals surface area (Å²) in [6.07, 6.45) is -3.62. The number of carbonyl (C=O) groups is 11. The van der Waals surface area contributed by atoms with Crippen molar-refractivity contribution in [1.29, 1.82) is 0 Å². The molecule has 438 valence electrons. The Hall–Kier alpha value is -7.62. The zero-order valence-electron chi connectivity index (χ0n) is 45.8. The highest BCUT2D eigenvalue weighted by Crippen LogP contribution is 2.15. The number of aliphatic hydroxyl groups is 1. The van der Waals surface area contributed by atoms with Crippen LogP contribution in [0.15, 0.2) is 29.3 Å². The molecule has 0 bridgehead atoms. The number of hydrogen-bond donors (Lipinski definition) is 16. The number of phenols is 1. The molecule has 9 amide bonds. The number of rotatable bonds is 35. The summed E-state index contributed by atoms with van der Waals surface area (Å²) >= 11 is 0. The highest BCUT2D eigenvalue weighted by Gasteiger charge is 2.38. The number of hydrogen-bond acceptors (Lipinski definition) is 15. The van der Waals surface area contributed by atoms with Crippen LogP contribution in [0.25, 0.3) is 0 Å². The molecule has 0 aliphatic heterocycles.